The van der Waals surface area contributed by atoms with Gasteiger partial charge >= 0.3 is 0 Å². The van der Waals surface area contributed by atoms with Gasteiger partial charge < -0.3 is 9.30 Å². The Kier molecular flexibility index (Phi) is 6.18. The van der Waals surface area contributed by atoms with E-state index in [9.17, 15) is 0 Å². The highest BCUT2D eigenvalue weighted by molar-refractivity contribution is 7.98. The summed E-state index contributed by atoms with van der Waals surface area (Å²) in [5.41, 5.74) is 3.01. The molecule has 0 fully saturated rings. The molecule has 0 saturated carbocycles. The molecule has 29 heavy (non-hydrogen) atoms. The highest BCUT2D eigenvalue weighted by Crippen LogP contribution is 2.34. The molecule has 0 N–H and O–H groups in total. The van der Waals surface area contributed by atoms with Gasteiger partial charge in [0.1, 0.15) is 10.8 Å². The van der Waals surface area contributed by atoms with E-state index in [1.165, 1.54) is 0 Å². The molecular formula is C21H19ClN4OS2. The first-order valence-electron chi connectivity index (χ1n) is 9.09. The summed E-state index contributed by atoms with van der Waals surface area (Å²) in [4.78, 5) is 4.76. The molecular weight excluding hydrogens is 424 g/mol. The van der Waals surface area contributed by atoms with Gasteiger partial charge in [-0.05, 0) is 25.1 Å². The number of thioether (sulfide) groups is 1. The minimum Gasteiger partial charge on any atom is -0.496 e. The maximum absolute atomic E-state index is 6.19. The Morgan fingerprint density at radius 1 is 1.14 bits per heavy atom. The van der Waals surface area contributed by atoms with Crippen LogP contribution in [0.5, 0.6) is 5.75 Å². The fourth-order valence-electron chi connectivity index (χ4n) is 2.96. The molecule has 0 unspecified atom stereocenters. The van der Waals surface area contributed by atoms with Crippen LogP contribution in [-0.4, -0.2) is 26.9 Å². The third kappa shape index (κ3) is 4.32. The van der Waals surface area contributed by atoms with Crippen molar-refractivity contribution in [2.24, 2.45) is 0 Å². The monoisotopic (exact) mass is 442 g/mol. The first-order valence-corrected chi connectivity index (χ1v) is 11.3. The Hall–Kier alpha value is -2.35. The van der Waals surface area contributed by atoms with Gasteiger partial charge in [-0.2, -0.15) is 0 Å². The number of ether oxygens (including phenoxy) is 1. The second-order valence-corrected chi connectivity index (χ2v) is 8.43. The molecule has 0 aliphatic rings. The average molecular weight is 443 g/mol. The fraction of sp³-hybridized carbons (Fsp3) is 0.190. The number of nitrogens with zero attached hydrogens (tertiary/aromatic N) is 4. The minimum absolute atomic E-state index is 0.636. The summed E-state index contributed by atoms with van der Waals surface area (Å²) in [6, 6.07) is 15.7. The first-order chi connectivity index (χ1) is 14.2. The maximum atomic E-state index is 6.19. The van der Waals surface area contributed by atoms with Crippen molar-refractivity contribution in [3.63, 3.8) is 0 Å². The number of halogens is 1. The van der Waals surface area contributed by atoms with Crippen molar-refractivity contribution in [3.8, 4) is 27.7 Å². The van der Waals surface area contributed by atoms with Crippen LogP contribution in [0.4, 0.5) is 0 Å². The van der Waals surface area contributed by atoms with Crippen LogP contribution in [0.1, 0.15) is 12.6 Å². The molecule has 0 aliphatic heterocycles. The van der Waals surface area contributed by atoms with Crippen LogP contribution >= 0.6 is 34.7 Å². The Labute approximate surface area is 182 Å². The van der Waals surface area contributed by atoms with Crippen molar-refractivity contribution in [2.45, 2.75) is 24.4 Å². The lowest BCUT2D eigenvalue weighted by atomic mass is 10.2. The van der Waals surface area contributed by atoms with Gasteiger partial charge in [-0.15, -0.1) is 21.5 Å². The van der Waals surface area contributed by atoms with Gasteiger partial charge in [-0.3, -0.25) is 0 Å². The van der Waals surface area contributed by atoms with E-state index < -0.39 is 0 Å². The van der Waals surface area contributed by atoms with E-state index in [-0.39, 0.29) is 0 Å². The van der Waals surface area contributed by atoms with Gasteiger partial charge in [0, 0.05) is 28.3 Å². The van der Waals surface area contributed by atoms with E-state index >= 15 is 0 Å². The van der Waals surface area contributed by atoms with Crippen LogP contribution in [0, 0.1) is 0 Å². The van der Waals surface area contributed by atoms with E-state index in [2.05, 4.69) is 39.2 Å². The third-order valence-corrected chi connectivity index (χ3v) is 6.53. The molecule has 4 rings (SSSR count). The summed E-state index contributed by atoms with van der Waals surface area (Å²) < 4.78 is 7.56. The summed E-state index contributed by atoms with van der Waals surface area (Å²) in [6.45, 7) is 2.82. The van der Waals surface area contributed by atoms with Gasteiger partial charge in [0.25, 0.3) is 0 Å². The highest BCUT2D eigenvalue weighted by atomic mass is 35.5. The summed E-state index contributed by atoms with van der Waals surface area (Å²) in [5, 5.41) is 13.4. The van der Waals surface area contributed by atoms with Crippen LogP contribution in [0.15, 0.2) is 59.1 Å². The second-order valence-electron chi connectivity index (χ2n) is 6.19. The zero-order chi connectivity index (χ0) is 20.2. The Bertz CT molecular complexity index is 1110. The summed E-state index contributed by atoms with van der Waals surface area (Å²) in [5.74, 6) is 2.20. The molecule has 5 nitrogen and oxygen atoms in total. The molecule has 2 heterocycles. The summed E-state index contributed by atoms with van der Waals surface area (Å²) in [7, 11) is 1.64. The van der Waals surface area contributed by atoms with Gasteiger partial charge in [0.15, 0.2) is 11.0 Å². The molecule has 0 radical (unpaired) electrons. The van der Waals surface area contributed by atoms with Crippen LogP contribution in [0.3, 0.4) is 0 Å². The standard InChI is InChI=1S/C21H19ClN4OS2/c1-3-26-19(17-11-15(22)9-10-18(17)27-2)24-25-21(26)29-13-16-12-28-20(23-16)14-7-5-4-6-8-14/h4-12H,3,13H2,1-2H3. The fourth-order valence-corrected chi connectivity index (χ4v) is 4.96. The third-order valence-electron chi connectivity index (χ3n) is 4.36. The lowest BCUT2D eigenvalue weighted by Gasteiger charge is -2.10. The zero-order valence-electron chi connectivity index (χ0n) is 16.0. The average Bonchev–Trinajstić information content (AvgIpc) is 3.39. The summed E-state index contributed by atoms with van der Waals surface area (Å²) >= 11 is 9.48. The predicted molar refractivity (Wildman–Crippen MR) is 120 cm³/mol. The topological polar surface area (TPSA) is 52.8 Å². The number of benzene rings is 2. The molecule has 0 spiro atoms. The van der Waals surface area contributed by atoms with E-state index in [0.29, 0.717) is 5.02 Å². The molecule has 2 aromatic heterocycles. The van der Waals surface area contributed by atoms with Crippen LogP contribution < -0.4 is 4.74 Å². The largest absolute Gasteiger partial charge is 0.496 e. The SMILES string of the molecule is CCn1c(SCc2csc(-c3ccccc3)n2)nnc1-c1cc(Cl)ccc1OC. The number of methoxy groups -OCH3 is 1. The van der Waals surface area contributed by atoms with Crippen molar-refractivity contribution in [1.29, 1.82) is 0 Å². The number of hydrogen-bond acceptors (Lipinski definition) is 6. The zero-order valence-corrected chi connectivity index (χ0v) is 18.4. The molecule has 4 aromatic rings. The Balaban J connectivity index is 1.55. The molecule has 0 saturated heterocycles. The lowest BCUT2D eigenvalue weighted by molar-refractivity contribution is 0.416. The highest BCUT2D eigenvalue weighted by Gasteiger charge is 2.17. The van der Waals surface area contributed by atoms with Crippen molar-refractivity contribution in [1.82, 2.24) is 19.7 Å². The van der Waals surface area contributed by atoms with Gasteiger partial charge in [-0.1, -0.05) is 53.7 Å². The van der Waals surface area contributed by atoms with Crippen LogP contribution in [-0.2, 0) is 12.3 Å². The lowest BCUT2D eigenvalue weighted by Crippen LogP contribution is -2.01. The van der Waals surface area contributed by atoms with Crippen LogP contribution in [0.25, 0.3) is 22.0 Å². The Morgan fingerprint density at radius 3 is 2.72 bits per heavy atom. The number of aromatic nitrogens is 4. The maximum Gasteiger partial charge on any atom is 0.191 e. The van der Waals surface area contributed by atoms with E-state index in [4.69, 9.17) is 21.3 Å². The van der Waals surface area contributed by atoms with Crippen molar-refractivity contribution in [3.05, 3.63) is 64.6 Å². The first kappa shape index (κ1) is 19.9. The molecule has 148 valence electrons. The molecule has 8 heteroatoms. The molecule has 0 amide bonds. The number of hydrogen-bond donors (Lipinski definition) is 0. The molecule has 2 aromatic carbocycles. The molecule has 0 atom stereocenters. The minimum atomic E-state index is 0.636. The van der Waals surface area contributed by atoms with Gasteiger partial charge in [-0.25, -0.2) is 4.98 Å². The van der Waals surface area contributed by atoms with Crippen molar-refractivity contribution >= 4 is 34.7 Å². The number of rotatable bonds is 7. The predicted octanol–water partition coefficient (Wildman–Crippen LogP) is 6.04. The van der Waals surface area contributed by atoms with Crippen molar-refractivity contribution in [2.75, 3.05) is 7.11 Å². The van der Waals surface area contributed by atoms with Crippen molar-refractivity contribution < 1.29 is 4.74 Å². The second kappa shape index (κ2) is 8.98. The van der Waals surface area contributed by atoms with Gasteiger partial charge in [0.05, 0.1) is 18.4 Å². The smallest absolute Gasteiger partial charge is 0.191 e. The van der Waals surface area contributed by atoms with Gasteiger partial charge in [0.2, 0.25) is 0 Å². The quantitative estimate of drug-likeness (QED) is 0.326. The van der Waals surface area contributed by atoms with E-state index in [0.717, 1.165) is 50.9 Å². The summed E-state index contributed by atoms with van der Waals surface area (Å²) in [6.07, 6.45) is 0. The molecule has 0 aliphatic carbocycles. The Morgan fingerprint density at radius 2 is 1.97 bits per heavy atom. The number of thiazole rings is 1. The molecule has 0 bridgehead atoms. The van der Waals surface area contributed by atoms with E-state index in [1.807, 2.05) is 30.3 Å². The normalized spacial score (nSPS) is 11.0. The van der Waals surface area contributed by atoms with Crippen LogP contribution in [0.2, 0.25) is 5.02 Å². The van der Waals surface area contributed by atoms with E-state index in [1.54, 1.807) is 36.3 Å².